The molecule has 0 aliphatic heterocycles. The van der Waals surface area contributed by atoms with Crippen LogP contribution in [0, 0.1) is 17.3 Å². The lowest BCUT2D eigenvalue weighted by Gasteiger charge is -2.41. The molecule has 18 heavy (non-hydrogen) atoms. The monoisotopic (exact) mass is 251 g/mol. The third kappa shape index (κ3) is 4.57. The standard InChI is InChI=1S/C17H33N/c1-4-5-6-7-14-12-17(2,3)11-10-15(14)13-18-16-8-9-16/h14-16,18H,4-13H2,1-3H3. The topological polar surface area (TPSA) is 12.0 Å². The predicted molar refractivity (Wildman–Crippen MR) is 79.8 cm³/mol. The minimum atomic E-state index is 0.604. The molecular formula is C17H33N. The third-order valence-corrected chi connectivity index (χ3v) is 5.10. The Labute approximate surface area is 114 Å². The number of rotatable bonds is 7. The molecule has 0 aromatic heterocycles. The molecule has 2 rings (SSSR count). The van der Waals surface area contributed by atoms with Crippen LogP contribution in [-0.4, -0.2) is 12.6 Å². The lowest BCUT2D eigenvalue weighted by atomic mass is 9.66. The predicted octanol–water partition coefficient (Wildman–Crippen LogP) is 4.76. The Balaban J connectivity index is 1.79. The van der Waals surface area contributed by atoms with E-state index < -0.39 is 0 Å². The van der Waals surface area contributed by atoms with E-state index in [1.165, 1.54) is 64.3 Å². The summed E-state index contributed by atoms with van der Waals surface area (Å²) in [5.74, 6) is 1.96. The van der Waals surface area contributed by atoms with Gasteiger partial charge in [-0.25, -0.2) is 0 Å². The molecule has 0 heterocycles. The molecule has 1 N–H and O–H groups in total. The molecule has 0 spiro atoms. The highest BCUT2D eigenvalue weighted by Crippen LogP contribution is 2.43. The molecule has 2 unspecified atom stereocenters. The van der Waals surface area contributed by atoms with Gasteiger partial charge in [0.1, 0.15) is 0 Å². The molecule has 0 radical (unpaired) electrons. The van der Waals surface area contributed by atoms with Crippen molar-refractivity contribution >= 4 is 0 Å². The lowest BCUT2D eigenvalue weighted by molar-refractivity contribution is 0.107. The summed E-state index contributed by atoms with van der Waals surface area (Å²) in [6.07, 6.45) is 13.0. The fraction of sp³-hybridized carbons (Fsp3) is 1.00. The average Bonchev–Trinajstić information content (AvgIpc) is 3.11. The second-order valence-electron chi connectivity index (χ2n) is 7.61. The highest BCUT2D eigenvalue weighted by atomic mass is 14.9. The van der Waals surface area contributed by atoms with E-state index in [2.05, 4.69) is 26.1 Å². The molecule has 0 bridgehead atoms. The maximum absolute atomic E-state index is 3.77. The van der Waals surface area contributed by atoms with E-state index in [0.29, 0.717) is 5.41 Å². The van der Waals surface area contributed by atoms with Crippen LogP contribution in [0.1, 0.15) is 78.6 Å². The van der Waals surface area contributed by atoms with Crippen molar-refractivity contribution in [2.45, 2.75) is 84.6 Å². The summed E-state index contributed by atoms with van der Waals surface area (Å²) in [5.41, 5.74) is 0.604. The lowest BCUT2D eigenvalue weighted by Crippen LogP contribution is -2.36. The Hall–Kier alpha value is -0.0400. The van der Waals surface area contributed by atoms with Gasteiger partial charge >= 0.3 is 0 Å². The van der Waals surface area contributed by atoms with E-state index in [9.17, 15) is 0 Å². The first-order chi connectivity index (χ1) is 8.61. The van der Waals surface area contributed by atoms with Gasteiger partial charge in [0.25, 0.3) is 0 Å². The zero-order chi connectivity index (χ0) is 13.0. The molecule has 0 aromatic carbocycles. The van der Waals surface area contributed by atoms with Crippen LogP contribution < -0.4 is 5.32 Å². The second kappa shape index (κ2) is 6.41. The minimum absolute atomic E-state index is 0.604. The number of hydrogen-bond acceptors (Lipinski definition) is 1. The molecule has 1 nitrogen and oxygen atoms in total. The van der Waals surface area contributed by atoms with Gasteiger partial charge in [-0.1, -0.05) is 46.5 Å². The van der Waals surface area contributed by atoms with Gasteiger partial charge in [-0.15, -0.1) is 0 Å². The molecule has 2 fully saturated rings. The Morgan fingerprint density at radius 1 is 1.06 bits per heavy atom. The van der Waals surface area contributed by atoms with Gasteiger partial charge in [0.2, 0.25) is 0 Å². The molecule has 1 heteroatoms. The van der Waals surface area contributed by atoms with Crippen molar-refractivity contribution in [3.63, 3.8) is 0 Å². The van der Waals surface area contributed by atoms with Crippen LogP contribution in [0.2, 0.25) is 0 Å². The molecule has 2 aliphatic rings. The SMILES string of the molecule is CCCCCC1CC(C)(C)CCC1CNC1CC1. The second-order valence-corrected chi connectivity index (χ2v) is 7.61. The summed E-state index contributed by atoms with van der Waals surface area (Å²) < 4.78 is 0. The van der Waals surface area contributed by atoms with Crippen molar-refractivity contribution in [1.29, 1.82) is 0 Å². The van der Waals surface area contributed by atoms with Crippen LogP contribution in [0.4, 0.5) is 0 Å². The number of nitrogens with one attached hydrogen (secondary N) is 1. The summed E-state index contributed by atoms with van der Waals surface area (Å²) in [6.45, 7) is 8.57. The van der Waals surface area contributed by atoms with Crippen molar-refractivity contribution < 1.29 is 0 Å². The van der Waals surface area contributed by atoms with E-state index >= 15 is 0 Å². The highest BCUT2D eigenvalue weighted by molar-refractivity contribution is 4.88. The first-order valence-corrected chi connectivity index (χ1v) is 8.34. The van der Waals surface area contributed by atoms with Crippen molar-refractivity contribution in [2.75, 3.05) is 6.54 Å². The Morgan fingerprint density at radius 3 is 2.50 bits per heavy atom. The molecule has 2 atom stereocenters. The fourth-order valence-electron chi connectivity index (χ4n) is 3.66. The first kappa shape index (κ1) is 14.4. The van der Waals surface area contributed by atoms with Crippen molar-refractivity contribution in [1.82, 2.24) is 5.32 Å². The average molecular weight is 251 g/mol. The van der Waals surface area contributed by atoms with Crippen molar-refractivity contribution in [3.8, 4) is 0 Å². The minimum Gasteiger partial charge on any atom is -0.314 e. The maximum atomic E-state index is 3.77. The van der Waals surface area contributed by atoms with Gasteiger partial charge in [-0.3, -0.25) is 0 Å². The summed E-state index contributed by atoms with van der Waals surface area (Å²) >= 11 is 0. The van der Waals surface area contributed by atoms with Crippen LogP contribution >= 0.6 is 0 Å². The third-order valence-electron chi connectivity index (χ3n) is 5.10. The van der Waals surface area contributed by atoms with Crippen molar-refractivity contribution in [3.05, 3.63) is 0 Å². The van der Waals surface area contributed by atoms with Gasteiger partial charge < -0.3 is 5.32 Å². The van der Waals surface area contributed by atoms with Gasteiger partial charge in [0.15, 0.2) is 0 Å². The Bertz CT molecular complexity index is 240. The summed E-state index contributed by atoms with van der Waals surface area (Å²) in [6, 6.07) is 0.885. The molecule has 2 saturated carbocycles. The van der Waals surface area contributed by atoms with Crippen molar-refractivity contribution in [2.24, 2.45) is 17.3 Å². The largest absolute Gasteiger partial charge is 0.314 e. The Kier molecular flexibility index (Phi) is 5.12. The van der Waals surface area contributed by atoms with Gasteiger partial charge in [-0.2, -0.15) is 0 Å². The van der Waals surface area contributed by atoms with Gasteiger partial charge in [0, 0.05) is 6.04 Å². The molecule has 106 valence electrons. The summed E-state index contributed by atoms with van der Waals surface area (Å²) in [5, 5.41) is 3.77. The van der Waals surface area contributed by atoms with Gasteiger partial charge in [-0.05, 0) is 55.9 Å². The first-order valence-electron chi connectivity index (χ1n) is 8.34. The highest BCUT2D eigenvalue weighted by Gasteiger charge is 2.35. The number of hydrogen-bond donors (Lipinski definition) is 1. The zero-order valence-electron chi connectivity index (χ0n) is 12.8. The molecule has 0 amide bonds. The molecule has 0 saturated heterocycles. The Morgan fingerprint density at radius 2 is 1.83 bits per heavy atom. The van der Waals surface area contributed by atoms with E-state index in [1.807, 2.05) is 0 Å². The summed E-state index contributed by atoms with van der Waals surface area (Å²) in [4.78, 5) is 0. The van der Waals surface area contributed by atoms with Crippen LogP contribution in [0.3, 0.4) is 0 Å². The molecular weight excluding hydrogens is 218 g/mol. The van der Waals surface area contributed by atoms with E-state index in [1.54, 1.807) is 0 Å². The van der Waals surface area contributed by atoms with Crippen LogP contribution in [0.25, 0.3) is 0 Å². The normalized spacial score (nSPS) is 31.5. The zero-order valence-corrected chi connectivity index (χ0v) is 12.8. The van der Waals surface area contributed by atoms with E-state index in [0.717, 1.165) is 17.9 Å². The van der Waals surface area contributed by atoms with E-state index in [-0.39, 0.29) is 0 Å². The van der Waals surface area contributed by atoms with Gasteiger partial charge in [0.05, 0.1) is 0 Å². The molecule has 2 aliphatic carbocycles. The maximum Gasteiger partial charge on any atom is 0.00683 e. The number of unbranched alkanes of at least 4 members (excludes halogenated alkanes) is 2. The summed E-state index contributed by atoms with van der Waals surface area (Å²) in [7, 11) is 0. The molecule has 0 aromatic rings. The van der Waals surface area contributed by atoms with Crippen LogP contribution in [0.15, 0.2) is 0 Å². The van der Waals surface area contributed by atoms with E-state index in [4.69, 9.17) is 0 Å². The quantitative estimate of drug-likeness (QED) is 0.643. The fourth-order valence-corrected chi connectivity index (χ4v) is 3.66. The smallest absolute Gasteiger partial charge is 0.00683 e. The van der Waals surface area contributed by atoms with Crippen LogP contribution in [-0.2, 0) is 0 Å². The van der Waals surface area contributed by atoms with Crippen LogP contribution in [0.5, 0.6) is 0 Å².